The number of sulfonamides is 1. The van der Waals surface area contributed by atoms with E-state index < -0.39 is 32.4 Å². The van der Waals surface area contributed by atoms with Crippen molar-refractivity contribution in [1.29, 1.82) is 0 Å². The van der Waals surface area contributed by atoms with Crippen molar-refractivity contribution >= 4 is 10.0 Å². The largest absolute Gasteiger partial charge is 0.328 e. The summed E-state index contributed by atoms with van der Waals surface area (Å²) in [6.45, 7) is 5.19. The molecular formula is C14H22F3N3O2S+2. The summed E-state index contributed by atoms with van der Waals surface area (Å²) < 4.78 is 65.7. The highest BCUT2D eigenvalue weighted by molar-refractivity contribution is 7.89. The Hall–Kier alpha value is -1.16. The van der Waals surface area contributed by atoms with Crippen molar-refractivity contribution in [3.05, 3.63) is 29.6 Å². The molecule has 5 nitrogen and oxygen atoms in total. The standard InChI is InChI=1S/C14H20F3N3O2S/c1-19-7-9-20(10-8-19)6-2-5-18-23(21,22)12-4-3-11(15)13(16)14(12)17/h3-4,18H,2,5-10H2,1H3/p+2. The normalized spacial score (nSPS) is 22.3. The lowest BCUT2D eigenvalue weighted by Crippen LogP contribution is -3.27. The molecule has 3 N–H and O–H groups in total. The number of rotatable bonds is 6. The van der Waals surface area contributed by atoms with E-state index in [0.717, 1.165) is 38.8 Å². The summed E-state index contributed by atoms with van der Waals surface area (Å²) in [4.78, 5) is 2.03. The number of nitrogens with one attached hydrogen (secondary N) is 3. The Bertz CT molecular complexity index is 647. The predicted octanol–water partition coefficient (Wildman–Crippen LogP) is -1.81. The molecule has 2 rings (SSSR count). The van der Waals surface area contributed by atoms with E-state index in [0.29, 0.717) is 12.5 Å². The average molecular weight is 353 g/mol. The molecule has 1 aromatic rings. The molecule has 0 amide bonds. The van der Waals surface area contributed by atoms with Gasteiger partial charge in [-0.1, -0.05) is 0 Å². The number of piperazine rings is 1. The zero-order valence-electron chi connectivity index (χ0n) is 13.0. The third kappa shape index (κ3) is 4.66. The molecule has 23 heavy (non-hydrogen) atoms. The van der Waals surface area contributed by atoms with E-state index in [1.54, 1.807) is 0 Å². The first-order chi connectivity index (χ1) is 10.8. The molecule has 1 aromatic carbocycles. The van der Waals surface area contributed by atoms with Crippen LogP contribution in [-0.4, -0.2) is 54.7 Å². The summed E-state index contributed by atoms with van der Waals surface area (Å²) in [5, 5.41) is 0. The lowest BCUT2D eigenvalue weighted by molar-refractivity contribution is -1.00. The molecule has 0 aromatic heterocycles. The van der Waals surface area contributed by atoms with Gasteiger partial charge >= 0.3 is 0 Å². The fourth-order valence-electron chi connectivity index (χ4n) is 2.62. The van der Waals surface area contributed by atoms with Crippen LogP contribution in [0.3, 0.4) is 0 Å². The molecule has 1 aliphatic heterocycles. The number of benzene rings is 1. The van der Waals surface area contributed by atoms with Crippen LogP contribution in [-0.2, 0) is 10.0 Å². The monoisotopic (exact) mass is 353 g/mol. The molecular weight excluding hydrogens is 331 g/mol. The average Bonchev–Trinajstić information content (AvgIpc) is 2.51. The van der Waals surface area contributed by atoms with Crippen LogP contribution in [0.5, 0.6) is 0 Å². The molecule has 1 saturated heterocycles. The Balaban J connectivity index is 1.86. The quantitative estimate of drug-likeness (QED) is 0.417. The van der Waals surface area contributed by atoms with Gasteiger partial charge in [0.1, 0.15) is 31.1 Å². The highest BCUT2D eigenvalue weighted by Crippen LogP contribution is 2.19. The van der Waals surface area contributed by atoms with Gasteiger partial charge in [-0.25, -0.2) is 26.3 Å². The molecule has 1 fully saturated rings. The summed E-state index contributed by atoms with van der Waals surface area (Å²) in [6.07, 6.45) is 0.596. The van der Waals surface area contributed by atoms with Gasteiger partial charge in [0.2, 0.25) is 10.0 Å². The smallest absolute Gasteiger partial charge is 0.243 e. The molecule has 130 valence electrons. The summed E-state index contributed by atoms with van der Waals surface area (Å²) in [5.41, 5.74) is 0. The van der Waals surface area contributed by atoms with Gasteiger partial charge in [-0.3, -0.25) is 0 Å². The zero-order valence-corrected chi connectivity index (χ0v) is 13.8. The Labute approximate surface area is 134 Å². The number of hydrogen-bond donors (Lipinski definition) is 3. The molecule has 0 spiro atoms. The first-order valence-electron chi connectivity index (χ1n) is 7.59. The van der Waals surface area contributed by atoms with E-state index in [-0.39, 0.29) is 6.54 Å². The van der Waals surface area contributed by atoms with Gasteiger partial charge in [-0.15, -0.1) is 0 Å². The van der Waals surface area contributed by atoms with Crippen molar-refractivity contribution in [2.24, 2.45) is 0 Å². The van der Waals surface area contributed by atoms with E-state index in [4.69, 9.17) is 0 Å². The number of halogens is 3. The van der Waals surface area contributed by atoms with Gasteiger partial charge in [0.25, 0.3) is 0 Å². The van der Waals surface area contributed by atoms with E-state index in [1.807, 2.05) is 0 Å². The van der Waals surface area contributed by atoms with Crippen molar-refractivity contribution in [2.75, 3.05) is 46.3 Å². The third-order valence-electron chi connectivity index (χ3n) is 4.10. The van der Waals surface area contributed by atoms with E-state index >= 15 is 0 Å². The van der Waals surface area contributed by atoms with E-state index in [1.165, 1.54) is 9.80 Å². The maximum absolute atomic E-state index is 13.6. The molecule has 0 radical (unpaired) electrons. The summed E-state index contributed by atoms with van der Waals surface area (Å²) >= 11 is 0. The highest BCUT2D eigenvalue weighted by Gasteiger charge is 2.24. The Morgan fingerprint density at radius 1 is 1.09 bits per heavy atom. The zero-order chi connectivity index (χ0) is 17.0. The molecule has 0 saturated carbocycles. The third-order valence-corrected chi connectivity index (χ3v) is 5.58. The van der Waals surface area contributed by atoms with Crippen molar-refractivity contribution in [1.82, 2.24) is 4.72 Å². The highest BCUT2D eigenvalue weighted by atomic mass is 32.2. The lowest BCUT2D eigenvalue weighted by atomic mass is 10.3. The molecule has 0 unspecified atom stereocenters. The van der Waals surface area contributed by atoms with Crippen molar-refractivity contribution in [2.45, 2.75) is 11.3 Å². The SMILES string of the molecule is C[NH+]1CC[NH+](CCCNS(=O)(=O)c2ccc(F)c(F)c2F)CC1. The van der Waals surface area contributed by atoms with Crippen LogP contribution in [0, 0.1) is 17.5 Å². The van der Waals surface area contributed by atoms with Gasteiger partial charge in [0.05, 0.1) is 13.6 Å². The maximum atomic E-state index is 13.6. The van der Waals surface area contributed by atoms with Crippen LogP contribution in [0.2, 0.25) is 0 Å². The van der Waals surface area contributed by atoms with Crippen LogP contribution in [0.1, 0.15) is 6.42 Å². The second-order valence-electron chi connectivity index (χ2n) is 5.88. The topological polar surface area (TPSA) is 55.1 Å². The number of quaternary nitrogens is 2. The lowest BCUT2D eigenvalue weighted by Gasteiger charge is -2.27. The van der Waals surface area contributed by atoms with Gasteiger partial charge in [-0.2, -0.15) is 0 Å². The molecule has 0 atom stereocenters. The molecule has 0 aliphatic carbocycles. The van der Waals surface area contributed by atoms with Crippen LogP contribution in [0.25, 0.3) is 0 Å². The van der Waals surface area contributed by atoms with Crippen LogP contribution >= 0.6 is 0 Å². The summed E-state index contributed by atoms with van der Waals surface area (Å²) in [7, 11) is -2.05. The molecule has 9 heteroatoms. The number of hydrogen-bond acceptors (Lipinski definition) is 2. The van der Waals surface area contributed by atoms with Gasteiger partial charge in [0.15, 0.2) is 17.5 Å². The molecule has 1 heterocycles. The van der Waals surface area contributed by atoms with Crippen molar-refractivity contribution in [3.63, 3.8) is 0 Å². The Morgan fingerprint density at radius 2 is 1.74 bits per heavy atom. The second-order valence-corrected chi connectivity index (χ2v) is 7.62. The molecule has 1 aliphatic rings. The minimum absolute atomic E-state index is 0.132. The second kappa shape index (κ2) is 7.61. The Morgan fingerprint density at radius 3 is 2.39 bits per heavy atom. The Kier molecular flexibility index (Phi) is 6.01. The van der Waals surface area contributed by atoms with Crippen molar-refractivity contribution < 1.29 is 31.4 Å². The summed E-state index contributed by atoms with van der Waals surface area (Å²) in [6, 6.07) is 1.33. The fourth-order valence-corrected chi connectivity index (χ4v) is 3.76. The number of likely N-dealkylation sites (N-methyl/N-ethyl adjacent to an activating group) is 1. The summed E-state index contributed by atoms with van der Waals surface area (Å²) in [5.74, 6) is -4.88. The van der Waals surface area contributed by atoms with Gasteiger partial charge in [0, 0.05) is 13.0 Å². The minimum atomic E-state index is -4.19. The predicted molar refractivity (Wildman–Crippen MR) is 78.3 cm³/mol. The van der Waals surface area contributed by atoms with Crippen LogP contribution in [0.15, 0.2) is 17.0 Å². The first kappa shape index (κ1) is 18.2. The van der Waals surface area contributed by atoms with Gasteiger partial charge in [-0.05, 0) is 12.1 Å². The van der Waals surface area contributed by atoms with Crippen LogP contribution < -0.4 is 14.5 Å². The first-order valence-corrected chi connectivity index (χ1v) is 9.07. The van der Waals surface area contributed by atoms with Gasteiger partial charge < -0.3 is 9.80 Å². The fraction of sp³-hybridized carbons (Fsp3) is 0.571. The van der Waals surface area contributed by atoms with E-state index in [9.17, 15) is 21.6 Å². The molecule has 0 bridgehead atoms. The van der Waals surface area contributed by atoms with Crippen LogP contribution in [0.4, 0.5) is 13.2 Å². The van der Waals surface area contributed by atoms with Crippen molar-refractivity contribution in [3.8, 4) is 0 Å². The van der Waals surface area contributed by atoms with E-state index in [2.05, 4.69) is 11.8 Å². The minimum Gasteiger partial charge on any atom is -0.328 e. The maximum Gasteiger partial charge on any atom is 0.243 e.